The molecule has 0 amide bonds. The summed E-state index contributed by atoms with van der Waals surface area (Å²) in [6.45, 7) is 1.28. The van der Waals surface area contributed by atoms with Crippen molar-refractivity contribution in [2.75, 3.05) is 0 Å². The molecule has 0 saturated heterocycles. The van der Waals surface area contributed by atoms with Gasteiger partial charge in [-0.1, -0.05) is 12.1 Å². The molecular weight excluding hydrogens is 338 g/mol. The predicted molar refractivity (Wildman–Crippen MR) is 83.3 cm³/mol. The van der Waals surface area contributed by atoms with Crippen molar-refractivity contribution in [3.05, 3.63) is 42.5 Å². The molecule has 24 heavy (non-hydrogen) atoms. The Labute approximate surface area is 137 Å². The van der Waals surface area contributed by atoms with Gasteiger partial charge in [0.25, 0.3) is 0 Å². The van der Waals surface area contributed by atoms with Gasteiger partial charge in [0.15, 0.2) is 0 Å². The Balaban J connectivity index is 1.84. The van der Waals surface area contributed by atoms with Gasteiger partial charge in [0.05, 0.1) is 0 Å². The van der Waals surface area contributed by atoms with Gasteiger partial charge in [0.2, 0.25) is 6.29 Å². The quantitative estimate of drug-likeness (QED) is 0.525. The van der Waals surface area contributed by atoms with Crippen LogP contribution in [0.5, 0.6) is 11.5 Å². The zero-order chi connectivity index (χ0) is 17.3. The van der Waals surface area contributed by atoms with E-state index in [9.17, 15) is 13.5 Å². The van der Waals surface area contributed by atoms with Gasteiger partial charge in [-0.3, -0.25) is 4.55 Å². The van der Waals surface area contributed by atoms with E-state index in [1.807, 2.05) is 12.1 Å². The van der Waals surface area contributed by atoms with E-state index >= 15 is 0 Å². The number of phenolic OH excluding ortho intramolecular Hbond substituents is 1. The molecule has 0 bridgehead atoms. The highest BCUT2D eigenvalue weighted by Gasteiger charge is 2.15. The molecule has 0 aliphatic rings. The first-order valence-electron chi connectivity index (χ1n) is 6.80. The van der Waals surface area contributed by atoms with Crippen LogP contribution in [-0.4, -0.2) is 39.4 Å². The van der Waals surface area contributed by atoms with Crippen LogP contribution in [0.3, 0.4) is 0 Å². The van der Waals surface area contributed by atoms with Gasteiger partial charge in [-0.2, -0.15) is 8.42 Å². The third-order valence-corrected chi connectivity index (χ3v) is 3.52. The zero-order valence-electron chi connectivity index (χ0n) is 12.4. The summed E-state index contributed by atoms with van der Waals surface area (Å²) in [6, 6.07) is 11.5. The monoisotopic (exact) mass is 351 g/mol. The molecule has 2 aromatic carbocycles. The van der Waals surface area contributed by atoms with Crippen molar-refractivity contribution in [3.63, 3.8) is 0 Å². The number of phenols is 1. The molecule has 9 nitrogen and oxygen atoms in total. The first-order valence-corrected chi connectivity index (χ1v) is 8.16. The second-order valence-corrected chi connectivity index (χ2v) is 5.89. The molecule has 1 aromatic heterocycles. The van der Waals surface area contributed by atoms with E-state index in [4.69, 9.17) is 9.29 Å². The SMILES string of the molecule is CC(Oc1ccc(-n2nc3ccccc3n2)c(O)c1)OS(=O)(=O)O. The van der Waals surface area contributed by atoms with Gasteiger partial charge in [-0.15, -0.1) is 15.0 Å². The molecule has 0 fully saturated rings. The van der Waals surface area contributed by atoms with Gasteiger partial charge in [0.1, 0.15) is 28.2 Å². The van der Waals surface area contributed by atoms with Crippen LogP contribution in [0, 0.1) is 0 Å². The normalized spacial score (nSPS) is 13.1. The molecule has 0 aliphatic heterocycles. The molecule has 0 saturated carbocycles. The number of aromatic nitrogens is 3. The minimum Gasteiger partial charge on any atom is -0.505 e. The molecule has 3 aromatic rings. The summed E-state index contributed by atoms with van der Waals surface area (Å²) >= 11 is 0. The van der Waals surface area contributed by atoms with Gasteiger partial charge >= 0.3 is 10.4 Å². The lowest BCUT2D eigenvalue weighted by Crippen LogP contribution is -2.20. The second kappa shape index (κ2) is 6.07. The lowest BCUT2D eigenvalue weighted by Gasteiger charge is -2.13. The summed E-state index contributed by atoms with van der Waals surface area (Å²) in [5, 5.41) is 18.6. The molecule has 1 heterocycles. The van der Waals surface area contributed by atoms with Crippen LogP contribution in [0.2, 0.25) is 0 Å². The summed E-state index contributed by atoms with van der Waals surface area (Å²) in [5.41, 5.74) is 1.67. The molecule has 1 atom stereocenters. The van der Waals surface area contributed by atoms with Crippen molar-refractivity contribution >= 4 is 21.4 Å². The topological polar surface area (TPSA) is 124 Å². The molecule has 3 rings (SSSR count). The number of hydrogen-bond donors (Lipinski definition) is 2. The first-order chi connectivity index (χ1) is 11.3. The summed E-state index contributed by atoms with van der Waals surface area (Å²) < 4.78 is 39.2. The molecule has 0 aliphatic carbocycles. The van der Waals surface area contributed by atoms with Gasteiger partial charge in [0, 0.05) is 6.07 Å². The van der Waals surface area contributed by atoms with Gasteiger partial charge < -0.3 is 9.84 Å². The fourth-order valence-corrected chi connectivity index (χ4v) is 2.48. The van der Waals surface area contributed by atoms with E-state index in [1.165, 1.54) is 29.9 Å². The van der Waals surface area contributed by atoms with Crippen molar-refractivity contribution < 1.29 is 27.0 Å². The molecule has 0 radical (unpaired) electrons. The third-order valence-electron chi connectivity index (χ3n) is 3.01. The van der Waals surface area contributed by atoms with Crippen molar-refractivity contribution in [1.29, 1.82) is 0 Å². The van der Waals surface area contributed by atoms with Gasteiger partial charge in [-0.25, -0.2) is 4.18 Å². The predicted octanol–water partition coefficient (Wildman–Crippen LogP) is 1.67. The van der Waals surface area contributed by atoms with Crippen molar-refractivity contribution in [2.45, 2.75) is 13.2 Å². The van der Waals surface area contributed by atoms with Crippen molar-refractivity contribution in [3.8, 4) is 17.2 Å². The minimum absolute atomic E-state index is 0.143. The minimum atomic E-state index is -4.63. The highest BCUT2D eigenvalue weighted by Crippen LogP contribution is 2.27. The lowest BCUT2D eigenvalue weighted by molar-refractivity contribution is 0.0187. The van der Waals surface area contributed by atoms with Crippen LogP contribution in [0.4, 0.5) is 0 Å². The maximum absolute atomic E-state index is 10.6. The third kappa shape index (κ3) is 3.62. The number of benzene rings is 2. The Kier molecular flexibility index (Phi) is 4.09. The maximum atomic E-state index is 10.6. The Morgan fingerprint density at radius 1 is 1.12 bits per heavy atom. The number of aromatic hydroxyl groups is 1. The Bertz CT molecular complexity index is 952. The zero-order valence-corrected chi connectivity index (χ0v) is 13.2. The number of nitrogens with zero attached hydrogens (tertiary/aromatic N) is 3. The van der Waals surface area contributed by atoms with E-state index in [2.05, 4.69) is 14.4 Å². The van der Waals surface area contributed by atoms with Crippen LogP contribution >= 0.6 is 0 Å². The fraction of sp³-hybridized carbons (Fsp3) is 0.143. The van der Waals surface area contributed by atoms with Crippen LogP contribution in [0.25, 0.3) is 16.7 Å². The number of hydrogen-bond acceptors (Lipinski definition) is 7. The molecule has 2 N–H and O–H groups in total. The van der Waals surface area contributed by atoms with Crippen LogP contribution < -0.4 is 4.74 Å². The molecule has 10 heteroatoms. The lowest BCUT2D eigenvalue weighted by atomic mass is 10.3. The Morgan fingerprint density at radius 3 is 2.29 bits per heavy atom. The van der Waals surface area contributed by atoms with E-state index in [1.54, 1.807) is 12.1 Å². The first kappa shape index (κ1) is 16.2. The smallest absolute Gasteiger partial charge is 0.400 e. The number of fused-ring (bicyclic) bond motifs is 1. The molecule has 126 valence electrons. The standard InChI is InChI=1S/C14H13N3O6S/c1-9(23-24(19,20)21)22-10-6-7-13(14(18)8-10)17-15-11-4-2-3-5-12(11)16-17/h2-9,18H,1H3,(H,19,20,21). The summed E-state index contributed by atoms with van der Waals surface area (Å²) in [7, 11) is -4.63. The van der Waals surface area contributed by atoms with Crippen molar-refractivity contribution in [2.24, 2.45) is 0 Å². The average Bonchev–Trinajstić information content (AvgIpc) is 2.88. The van der Waals surface area contributed by atoms with Gasteiger partial charge in [-0.05, 0) is 31.2 Å². The molecular formula is C14H13N3O6S. The maximum Gasteiger partial charge on any atom is 0.400 e. The van der Waals surface area contributed by atoms with Crippen LogP contribution in [-0.2, 0) is 14.6 Å². The largest absolute Gasteiger partial charge is 0.505 e. The second-order valence-electron chi connectivity index (χ2n) is 4.84. The van der Waals surface area contributed by atoms with E-state index in [-0.39, 0.29) is 11.5 Å². The van der Waals surface area contributed by atoms with Crippen LogP contribution in [0.15, 0.2) is 42.5 Å². The van der Waals surface area contributed by atoms with Crippen LogP contribution in [0.1, 0.15) is 6.92 Å². The van der Waals surface area contributed by atoms with Crippen molar-refractivity contribution in [1.82, 2.24) is 15.0 Å². The highest BCUT2D eigenvalue weighted by atomic mass is 32.3. The Hall–Kier alpha value is -2.69. The summed E-state index contributed by atoms with van der Waals surface area (Å²) in [6.07, 6.45) is -1.27. The molecule has 1 unspecified atom stereocenters. The fourth-order valence-electron chi connectivity index (χ4n) is 2.10. The summed E-state index contributed by atoms with van der Waals surface area (Å²) in [5.74, 6) is -0.0315. The number of rotatable bonds is 5. The highest BCUT2D eigenvalue weighted by molar-refractivity contribution is 7.80. The summed E-state index contributed by atoms with van der Waals surface area (Å²) in [4.78, 5) is 1.28. The van der Waals surface area contributed by atoms with E-state index < -0.39 is 16.7 Å². The average molecular weight is 351 g/mol. The Morgan fingerprint density at radius 2 is 1.75 bits per heavy atom. The molecule has 0 spiro atoms. The van der Waals surface area contributed by atoms with E-state index in [0.717, 1.165) is 0 Å². The van der Waals surface area contributed by atoms with E-state index in [0.29, 0.717) is 16.7 Å². The number of ether oxygens (including phenoxy) is 1.